The molecule has 0 aliphatic carbocycles. The zero-order valence-corrected chi connectivity index (χ0v) is 14.7. The van der Waals surface area contributed by atoms with Crippen LogP contribution in [0.2, 0.25) is 0 Å². The second-order valence-electron chi connectivity index (χ2n) is 4.87. The number of aromatic hydroxyl groups is 1. The van der Waals surface area contributed by atoms with Gasteiger partial charge in [-0.3, -0.25) is 0 Å². The normalized spacial score (nSPS) is 10.6. The fourth-order valence-electron chi connectivity index (χ4n) is 1.48. The van der Waals surface area contributed by atoms with Crippen LogP contribution in [0.25, 0.3) is 0 Å². The number of nitrogens with zero attached hydrogens (tertiary/aromatic N) is 1. The molecule has 23 heavy (non-hydrogen) atoms. The Morgan fingerprint density at radius 1 is 1.22 bits per heavy atom. The van der Waals surface area contributed by atoms with E-state index in [0.717, 1.165) is 24.1 Å². The summed E-state index contributed by atoms with van der Waals surface area (Å²) in [5.41, 5.74) is 0.125. The van der Waals surface area contributed by atoms with Gasteiger partial charge < -0.3 is 25.7 Å². The zero-order chi connectivity index (χ0) is 17.2. The summed E-state index contributed by atoms with van der Waals surface area (Å²) in [6.45, 7) is 1.51. The third-order valence-electron chi connectivity index (χ3n) is 2.67. The Kier molecular flexibility index (Phi) is 8.67. The van der Waals surface area contributed by atoms with Gasteiger partial charge in [-0.15, -0.1) is 0 Å². The van der Waals surface area contributed by atoms with Gasteiger partial charge in [-0.25, -0.2) is 9.59 Å². The van der Waals surface area contributed by atoms with Gasteiger partial charge in [0.25, 0.3) is 0 Å². The zero-order valence-electron chi connectivity index (χ0n) is 13.0. The number of phenolic OH excluding ortho intramolecular Hbond substituents is 1. The van der Waals surface area contributed by atoms with Gasteiger partial charge in [0.15, 0.2) is 0 Å². The van der Waals surface area contributed by atoms with Crippen molar-refractivity contribution in [1.82, 2.24) is 10.2 Å². The van der Waals surface area contributed by atoms with Gasteiger partial charge in [0.05, 0.1) is 11.3 Å². The van der Waals surface area contributed by atoms with E-state index in [1.165, 1.54) is 12.1 Å². The number of carbonyl (C=O) groups excluding carboxylic acids is 1. The molecule has 9 heteroatoms. The van der Waals surface area contributed by atoms with Gasteiger partial charge in [-0.2, -0.15) is 0 Å². The Hall–Kier alpha value is -1.58. The molecule has 1 aromatic rings. The van der Waals surface area contributed by atoms with E-state index in [9.17, 15) is 14.7 Å². The minimum absolute atomic E-state index is 0.0420. The molecule has 128 valence electrons. The van der Waals surface area contributed by atoms with Crippen LogP contribution in [0.1, 0.15) is 10.4 Å². The second kappa shape index (κ2) is 10.2. The summed E-state index contributed by atoms with van der Waals surface area (Å²) in [4.78, 5) is 24.6. The molecular formula is C14H21N3O4S2. The highest BCUT2D eigenvalue weighted by atomic mass is 33.1. The Balaban J connectivity index is 2.25. The molecule has 1 aromatic carbocycles. The Morgan fingerprint density at radius 3 is 2.52 bits per heavy atom. The Morgan fingerprint density at radius 2 is 1.91 bits per heavy atom. The molecule has 0 bridgehead atoms. The van der Waals surface area contributed by atoms with Crippen molar-refractivity contribution < 1.29 is 19.8 Å². The topological polar surface area (TPSA) is 102 Å². The number of aromatic carboxylic acids is 1. The lowest BCUT2D eigenvalue weighted by atomic mass is 10.2. The fourth-order valence-corrected chi connectivity index (χ4v) is 3.52. The summed E-state index contributed by atoms with van der Waals surface area (Å²) >= 11 is 0. The molecule has 0 aromatic heterocycles. The van der Waals surface area contributed by atoms with Gasteiger partial charge in [0, 0.05) is 24.6 Å². The van der Waals surface area contributed by atoms with E-state index < -0.39 is 12.0 Å². The average Bonchev–Trinajstić information content (AvgIpc) is 2.47. The highest BCUT2D eigenvalue weighted by molar-refractivity contribution is 8.76. The molecule has 0 unspecified atom stereocenters. The van der Waals surface area contributed by atoms with Crippen LogP contribution < -0.4 is 10.6 Å². The molecule has 1 rings (SSSR count). The number of carbonyl (C=O) groups is 2. The molecule has 0 aliphatic heterocycles. The van der Waals surface area contributed by atoms with Crippen LogP contribution in [-0.4, -0.2) is 65.8 Å². The van der Waals surface area contributed by atoms with Crippen molar-refractivity contribution in [2.75, 3.05) is 44.0 Å². The summed E-state index contributed by atoms with van der Waals surface area (Å²) in [5.74, 6) is 0.372. The Bertz CT molecular complexity index is 541. The first-order valence-electron chi connectivity index (χ1n) is 6.90. The molecule has 2 amide bonds. The van der Waals surface area contributed by atoms with Crippen LogP contribution in [0.3, 0.4) is 0 Å². The maximum absolute atomic E-state index is 11.7. The van der Waals surface area contributed by atoms with Crippen molar-refractivity contribution in [1.29, 1.82) is 0 Å². The summed E-state index contributed by atoms with van der Waals surface area (Å²) in [6.07, 6.45) is 0. The minimum Gasteiger partial charge on any atom is -0.506 e. The third kappa shape index (κ3) is 8.00. The number of carboxylic acids is 1. The van der Waals surface area contributed by atoms with Gasteiger partial charge >= 0.3 is 12.0 Å². The second-order valence-corrected chi connectivity index (χ2v) is 7.57. The largest absolute Gasteiger partial charge is 0.506 e. The fraction of sp³-hybridized carbons (Fsp3) is 0.429. The van der Waals surface area contributed by atoms with E-state index in [1.54, 1.807) is 21.6 Å². The number of anilines is 1. The molecule has 0 aliphatic rings. The number of phenols is 1. The van der Waals surface area contributed by atoms with Crippen LogP contribution in [0.4, 0.5) is 10.5 Å². The van der Waals surface area contributed by atoms with Crippen molar-refractivity contribution in [3.8, 4) is 5.75 Å². The smallest absolute Gasteiger partial charge is 0.335 e. The molecule has 0 radical (unpaired) electrons. The quantitative estimate of drug-likeness (QED) is 0.304. The lowest BCUT2D eigenvalue weighted by Crippen LogP contribution is -2.30. The number of hydrogen-bond donors (Lipinski definition) is 4. The predicted octanol–water partition coefficient (Wildman–Crippen LogP) is 2.15. The van der Waals surface area contributed by atoms with Crippen molar-refractivity contribution in [2.24, 2.45) is 0 Å². The van der Waals surface area contributed by atoms with Gasteiger partial charge in [-0.05, 0) is 32.3 Å². The van der Waals surface area contributed by atoms with Crippen molar-refractivity contribution in [2.45, 2.75) is 0 Å². The number of rotatable bonds is 9. The minimum atomic E-state index is -1.14. The lowest BCUT2D eigenvalue weighted by Gasteiger charge is -2.10. The first-order chi connectivity index (χ1) is 10.9. The van der Waals surface area contributed by atoms with E-state index in [2.05, 4.69) is 15.5 Å². The predicted molar refractivity (Wildman–Crippen MR) is 95.6 cm³/mol. The van der Waals surface area contributed by atoms with Crippen molar-refractivity contribution in [3.63, 3.8) is 0 Å². The van der Waals surface area contributed by atoms with Crippen molar-refractivity contribution in [3.05, 3.63) is 23.8 Å². The van der Waals surface area contributed by atoms with E-state index in [0.29, 0.717) is 6.54 Å². The van der Waals surface area contributed by atoms with Gasteiger partial charge in [0.1, 0.15) is 5.75 Å². The average molecular weight is 359 g/mol. The first kappa shape index (κ1) is 19.5. The number of urea groups is 1. The van der Waals surface area contributed by atoms with E-state index in [1.807, 2.05) is 14.1 Å². The first-order valence-corrected chi connectivity index (χ1v) is 9.39. The monoisotopic (exact) mass is 359 g/mol. The summed E-state index contributed by atoms with van der Waals surface area (Å²) < 4.78 is 0. The van der Waals surface area contributed by atoms with Crippen LogP contribution >= 0.6 is 21.6 Å². The highest BCUT2D eigenvalue weighted by Crippen LogP contribution is 2.24. The van der Waals surface area contributed by atoms with E-state index in [-0.39, 0.29) is 17.0 Å². The van der Waals surface area contributed by atoms with Crippen LogP contribution in [0, 0.1) is 0 Å². The number of benzene rings is 1. The standard InChI is InChI=1S/C14H21N3O4S2/c1-17(2)6-8-23-22-7-5-15-14(21)16-11-4-3-10(13(19)20)9-12(11)18/h3-4,9,18H,5-8H2,1-2H3,(H,19,20)(H2,15,16,21). The third-order valence-corrected chi connectivity index (χ3v) is 5.06. The van der Waals surface area contributed by atoms with E-state index >= 15 is 0 Å². The maximum atomic E-state index is 11.7. The number of amides is 2. The molecule has 0 atom stereocenters. The molecule has 7 nitrogen and oxygen atoms in total. The van der Waals surface area contributed by atoms with E-state index in [4.69, 9.17) is 5.11 Å². The van der Waals surface area contributed by atoms with Crippen LogP contribution in [-0.2, 0) is 0 Å². The molecule has 0 heterocycles. The maximum Gasteiger partial charge on any atom is 0.335 e. The van der Waals surface area contributed by atoms with Crippen LogP contribution in [0.15, 0.2) is 18.2 Å². The molecule has 0 fully saturated rings. The molecular weight excluding hydrogens is 338 g/mol. The van der Waals surface area contributed by atoms with Crippen molar-refractivity contribution >= 4 is 39.3 Å². The summed E-state index contributed by atoms with van der Waals surface area (Å²) in [6, 6.07) is 3.32. The SMILES string of the molecule is CN(C)CCSSCCNC(=O)Nc1ccc(C(=O)O)cc1O. The van der Waals surface area contributed by atoms with Gasteiger partial charge in [0.2, 0.25) is 0 Å². The summed E-state index contributed by atoms with van der Waals surface area (Å²) in [5, 5.41) is 23.6. The Labute approximate surface area is 143 Å². The molecule has 0 saturated heterocycles. The van der Waals surface area contributed by atoms with Crippen LogP contribution in [0.5, 0.6) is 5.75 Å². The number of carboxylic acid groups (broad SMARTS) is 1. The summed E-state index contributed by atoms with van der Waals surface area (Å²) in [7, 11) is 7.48. The number of nitrogens with one attached hydrogen (secondary N) is 2. The lowest BCUT2D eigenvalue weighted by molar-refractivity contribution is 0.0696. The molecule has 0 saturated carbocycles. The molecule has 0 spiro atoms. The molecule has 4 N–H and O–H groups in total. The highest BCUT2D eigenvalue weighted by Gasteiger charge is 2.09. The van der Waals surface area contributed by atoms with Gasteiger partial charge in [-0.1, -0.05) is 21.6 Å². The number of hydrogen-bond acceptors (Lipinski definition) is 6.